The Labute approximate surface area is 168 Å². The van der Waals surface area contributed by atoms with E-state index in [9.17, 15) is 4.79 Å². The number of para-hydroxylation sites is 2. The van der Waals surface area contributed by atoms with Gasteiger partial charge < -0.3 is 14.6 Å². The van der Waals surface area contributed by atoms with Crippen molar-refractivity contribution in [2.45, 2.75) is 39.5 Å². The number of halogens is 2. The van der Waals surface area contributed by atoms with Crippen LogP contribution in [0.4, 0.5) is 0 Å². The first-order chi connectivity index (χ1) is 12.7. The fourth-order valence-corrected chi connectivity index (χ4v) is 3.21. The zero-order valence-electron chi connectivity index (χ0n) is 15.4. The van der Waals surface area contributed by atoms with Crippen LogP contribution in [0.1, 0.15) is 26.6 Å². The third-order valence-corrected chi connectivity index (χ3v) is 4.33. The molecule has 0 fully saturated rings. The van der Waals surface area contributed by atoms with Gasteiger partial charge in [-0.25, -0.2) is 4.98 Å². The molecular formula is C20H21Cl2N3O2. The third kappa shape index (κ3) is 4.93. The Morgan fingerprint density at radius 1 is 1.19 bits per heavy atom. The van der Waals surface area contributed by atoms with Gasteiger partial charge in [0.2, 0.25) is 5.91 Å². The van der Waals surface area contributed by atoms with Gasteiger partial charge in [0.25, 0.3) is 0 Å². The van der Waals surface area contributed by atoms with Gasteiger partial charge in [-0.15, -0.1) is 0 Å². The smallest absolute Gasteiger partial charge is 0.240 e. The lowest BCUT2D eigenvalue weighted by Crippen LogP contribution is -2.42. The minimum atomic E-state index is -0.305. The van der Waals surface area contributed by atoms with Crippen molar-refractivity contribution < 1.29 is 9.53 Å². The number of benzene rings is 2. The molecule has 5 nitrogen and oxygen atoms in total. The van der Waals surface area contributed by atoms with Crippen LogP contribution in [0.2, 0.25) is 10.0 Å². The summed E-state index contributed by atoms with van der Waals surface area (Å²) in [6.07, 6.45) is 0. The highest BCUT2D eigenvalue weighted by Gasteiger charge is 2.18. The number of hydrogen-bond acceptors (Lipinski definition) is 3. The lowest BCUT2D eigenvalue weighted by molar-refractivity contribution is -0.123. The predicted octanol–water partition coefficient (Wildman–Crippen LogP) is 4.84. The first-order valence-electron chi connectivity index (χ1n) is 8.56. The molecule has 3 rings (SSSR count). The van der Waals surface area contributed by atoms with Crippen LogP contribution in [-0.4, -0.2) is 21.0 Å². The number of hydrogen-bond donors (Lipinski definition) is 1. The van der Waals surface area contributed by atoms with E-state index in [0.717, 1.165) is 11.0 Å². The fraction of sp³-hybridized carbons (Fsp3) is 0.300. The predicted molar refractivity (Wildman–Crippen MR) is 108 cm³/mol. The maximum Gasteiger partial charge on any atom is 0.240 e. The first-order valence-corrected chi connectivity index (χ1v) is 9.31. The number of carbonyl (C=O) groups excluding carboxylic acids is 1. The highest BCUT2D eigenvalue weighted by Crippen LogP contribution is 2.28. The lowest BCUT2D eigenvalue weighted by Gasteiger charge is -2.21. The molecule has 2 aromatic carbocycles. The molecule has 7 heteroatoms. The summed E-state index contributed by atoms with van der Waals surface area (Å²) in [5.41, 5.74) is 1.38. The van der Waals surface area contributed by atoms with E-state index in [4.69, 9.17) is 27.9 Å². The lowest BCUT2D eigenvalue weighted by atomic mass is 10.1. The van der Waals surface area contributed by atoms with Gasteiger partial charge in [-0.05, 0) is 51.1 Å². The molecule has 1 aromatic heterocycles. The van der Waals surface area contributed by atoms with Gasteiger partial charge in [-0.1, -0.05) is 35.3 Å². The topological polar surface area (TPSA) is 56.2 Å². The number of nitrogens with zero attached hydrogens (tertiary/aromatic N) is 2. The Morgan fingerprint density at radius 2 is 1.93 bits per heavy atom. The highest BCUT2D eigenvalue weighted by molar-refractivity contribution is 6.35. The van der Waals surface area contributed by atoms with Gasteiger partial charge in [0.05, 0.1) is 16.1 Å². The summed E-state index contributed by atoms with van der Waals surface area (Å²) in [5, 5.41) is 3.94. The summed E-state index contributed by atoms with van der Waals surface area (Å²) in [6.45, 7) is 6.18. The normalized spacial score (nSPS) is 11.6. The van der Waals surface area contributed by atoms with Crippen LogP contribution in [0.5, 0.6) is 5.75 Å². The highest BCUT2D eigenvalue weighted by atomic mass is 35.5. The van der Waals surface area contributed by atoms with Crippen molar-refractivity contribution in [3.63, 3.8) is 0 Å². The standard InChI is InChI=1S/C20H21Cl2N3O2/c1-20(2,3)24-19(26)11-25-16-7-5-4-6-15(16)23-18(25)12-27-17-9-8-13(21)10-14(17)22/h4-10H,11-12H2,1-3H3,(H,24,26). The Balaban J connectivity index is 1.86. The molecule has 0 atom stereocenters. The molecule has 0 aliphatic carbocycles. The fourth-order valence-electron chi connectivity index (χ4n) is 2.75. The molecule has 27 heavy (non-hydrogen) atoms. The van der Waals surface area contributed by atoms with Crippen LogP contribution >= 0.6 is 23.2 Å². The third-order valence-electron chi connectivity index (χ3n) is 3.80. The average molecular weight is 406 g/mol. The SMILES string of the molecule is CC(C)(C)NC(=O)Cn1c(COc2ccc(Cl)cc2Cl)nc2ccccc21. The monoisotopic (exact) mass is 405 g/mol. The second-order valence-corrected chi connectivity index (χ2v) is 8.11. The molecule has 3 aromatic rings. The molecule has 0 unspecified atom stereocenters. The van der Waals surface area contributed by atoms with E-state index in [2.05, 4.69) is 10.3 Å². The van der Waals surface area contributed by atoms with Crippen LogP contribution < -0.4 is 10.1 Å². The number of aromatic nitrogens is 2. The summed E-state index contributed by atoms with van der Waals surface area (Å²) < 4.78 is 7.69. The van der Waals surface area contributed by atoms with Crippen LogP contribution in [0, 0.1) is 0 Å². The maximum absolute atomic E-state index is 12.5. The van der Waals surface area contributed by atoms with Gasteiger partial charge in [0.15, 0.2) is 0 Å². The second kappa shape index (κ2) is 7.79. The molecule has 0 saturated heterocycles. The van der Waals surface area contributed by atoms with Crippen LogP contribution in [0.15, 0.2) is 42.5 Å². The molecule has 1 N–H and O–H groups in total. The van der Waals surface area contributed by atoms with Gasteiger partial charge in [-0.2, -0.15) is 0 Å². The number of amides is 1. The van der Waals surface area contributed by atoms with Gasteiger partial charge in [0.1, 0.15) is 24.7 Å². The number of nitrogens with one attached hydrogen (secondary N) is 1. The van der Waals surface area contributed by atoms with Crippen molar-refractivity contribution >= 4 is 40.1 Å². The quantitative estimate of drug-likeness (QED) is 0.660. The van der Waals surface area contributed by atoms with Crippen LogP contribution in [-0.2, 0) is 17.9 Å². The molecule has 1 heterocycles. The minimum absolute atomic E-state index is 0.0866. The number of carbonyl (C=O) groups is 1. The van der Waals surface area contributed by atoms with E-state index < -0.39 is 0 Å². The molecule has 1 amide bonds. The van der Waals surface area contributed by atoms with E-state index in [-0.39, 0.29) is 24.6 Å². The number of fused-ring (bicyclic) bond motifs is 1. The molecule has 0 aliphatic rings. The largest absolute Gasteiger partial charge is 0.484 e. The summed E-state index contributed by atoms with van der Waals surface area (Å²) in [5.74, 6) is 1.07. The first kappa shape index (κ1) is 19.5. The average Bonchev–Trinajstić information content (AvgIpc) is 2.90. The van der Waals surface area contributed by atoms with Gasteiger partial charge in [-0.3, -0.25) is 4.79 Å². The summed E-state index contributed by atoms with van der Waals surface area (Å²) in [4.78, 5) is 17.1. The molecule has 0 aliphatic heterocycles. The van der Waals surface area contributed by atoms with E-state index >= 15 is 0 Å². The Kier molecular flexibility index (Phi) is 5.63. The van der Waals surface area contributed by atoms with Crippen LogP contribution in [0.3, 0.4) is 0 Å². The molecular weight excluding hydrogens is 385 g/mol. The van der Waals surface area contributed by atoms with Crippen molar-refractivity contribution in [1.82, 2.24) is 14.9 Å². The summed E-state index contributed by atoms with van der Waals surface area (Å²) in [6, 6.07) is 12.7. The van der Waals surface area contributed by atoms with E-state index in [0.29, 0.717) is 21.6 Å². The molecule has 0 bridgehead atoms. The van der Waals surface area contributed by atoms with E-state index in [1.54, 1.807) is 18.2 Å². The maximum atomic E-state index is 12.5. The van der Waals surface area contributed by atoms with E-state index in [1.165, 1.54) is 0 Å². The van der Waals surface area contributed by atoms with Crippen molar-refractivity contribution in [2.75, 3.05) is 0 Å². The Hall–Kier alpha value is -2.24. The number of ether oxygens (including phenoxy) is 1. The van der Waals surface area contributed by atoms with Crippen LogP contribution in [0.25, 0.3) is 11.0 Å². The Bertz CT molecular complexity index is 977. The zero-order chi connectivity index (χ0) is 19.6. The van der Waals surface area contributed by atoms with Crippen molar-refractivity contribution in [3.8, 4) is 5.75 Å². The number of imidazole rings is 1. The van der Waals surface area contributed by atoms with E-state index in [1.807, 2.05) is 49.6 Å². The second-order valence-electron chi connectivity index (χ2n) is 7.26. The van der Waals surface area contributed by atoms with Gasteiger partial charge >= 0.3 is 0 Å². The summed E-state index contributed by atoms with van der Waals surface area (Å²) in [7, 11) is 0. The van der Waals surface area contributed by atoms with Crippen molar-refractivity contribution in [3.05, 3.63) is 58.3 Å². The zero-order valence-corrected chi connectivity index (χ0v) is 16.9. The molecule has 0 spiro atoms. The van der Waals surface area contributed by atoms with Crippen molar-refractivity contribution in [1.29, 1.82) is 0 Å². The van der Waals surface area contributed by atoms with Gasteiger partial charge in [0, 0.05) is 10.6 Å². The summed E-state index contributed by atoms with van der Waals surface area (Å²) >= 11 is 12.1. The molecule has 0 saturated carbocycles. The molecule has 0 radical (unpaired) electrons. The minimum Gasteiger partial charge on any atom is -0.484 e. The number of rotatable bonds is 5. The Morgan fingerprint density at radius 3 is 2.63 bits per heavy atom. The molecule has 142 valence electrons. The van der Waals surface area contributed by atoms with Crippen molar-refractivity contribution in [2.24, 2.45) is 0 Å².